The van der Waals surface area contributed by atoms with Crippen LogP contribution < -0.4 is 15.0 Å². The van der Waals surface area contributed by atoms with E-state index in [-0.39, 0.29) is 11.6 Å². The van der Waals surface area contributed by atoms with Gasteiger partial charge >= 0.3 is 12.1 Å². The van der Waals surface area contributed by atoms with E-state index in [9.17, 15) is 22.8 Å². The molecule has 0 spiro atoms. The van der Waals surface area contributed by atoms with Gasteiger partial charge in [0.2, 0.25) is 0 Å². The van der Waals surface area contributed by atoms with Gasteiger partial charge in [0.15, 0.2) is 6.10 Å². The molecule has 0 fully saturated rings. The maximum atomic E-state index is 12.6. The van der Waals surface area contributed by atoms with Gasteiger partial charge in [0.25, 0.3) is 5.91 Å². The fraction of sp³-hybridized carbons (Fsp3) is 0.300. The number of carbonyl (C=O) groups is 2. The molecule has 1 heterocycles. The molecular formula is C20H19F3N2O3. The average molecular weight is 392 g/mol. The molecule has 1 unspecified atom stereocenters. The number of nitrogens with one attached hydrogen (secondary N) is 1. The molecule has 1 aliphatic rings. The van der Waals surface area contributed by atoms with Crippen molar-refractivity contribution in [3.8, 4) is 5.75 Å². The quantitative estimate of drug-likeness (QED) is 0.839. The van der Waals surface area contributed by atoms with Crippen molar-refractivity contribution in [2.24, 2.45) is 0 Å². The van der Waals surface area contributed by atoms with Crippen molar-refractivity contribution in [1.82, 2.24) is 0 Å². The maximum Gasteiger partial charge on any atom is 0.471 e. The molecule has 2 aromatic carbocycles. The predicted octanol–water partition coefficient (Wildman–Crippen LogP) is 3.93. The highest BCUT2D eigenvalue weighted by Gasteiger charge is 2.39. The Hall–Kier alpha value is -3.03. The Morgan fingerprint density at radius 1 is 1.18 bits per heavy atom. The SMILES string of the molecule is CC1Oc2ccc(NC(=O)C(F)(F)F)cc2N(CCCc2ccccc2)C1=O. The molecule has 1 N–H and O–H groups in total. The normalized spacial score (nSPS) is 16.4. The molecule has 2 amide bonds. The third-order valence-electron chi connectivity index (χ3n) is 4.37. The maximum absolute atomic E-state index is 12.6. The predicted molar refractivity (Wildman–Crippen MR) is 98.3 cm³/mol. The van der Waals surface area contributed by atoms with E-state index in [1.807, 2.05) is 30.3 Å². The van der Waals surface area contributed by atoms with E-state index in [0.29, 0.717) is 24.4 Å². The molecule has 0 saturated carbocycles. The number of hydrogen-bond acceptors (Lipinski definition) is 3. The number of ether oxygens (including phenoxy) is 1. The number of rotatable bonds is 5. The van der Waals surface area contributed by atoms with E-state index in [0.717, 1.165) is 12.0 Å². The molecule has 8 heteroatoms. The number of carbonyl (C=O) groups excluding carboxylic acids is 2. The second-order valence-electron chi connectivity index (χ2n) is 6.47. The first-order valence-electron chi connectivity index (χ1n) is 8.80. The summed E-state index contributed by atoms with van der Waals surface area (Å²) >= 11 is 0. The van der Waals surface area contributed by atoms with Crippen molar-refractivity contribution in [3.63, 3.8) is 0 Å². The van der Waals surface area contributed by atoms with Gasteiger partial charge in [-0.05, 0) is 43.5 Å². The van der Waals surface area contributed by atoms with Crippen LogP contribution in [0.5, 0.6) is 5.75 Å². The van der Waals surface area contributed by atoms with Crippen molar-refractivity contribution in [2.75, 3.05) is 16.8 Å². The zero-order chi connectivity index (χ0) is 20.3. The van der Waals surface area contributed by atoms with Crippen LogP contribution in [0.4, 0.5) is 24.5 Å². The van der Waals surface area contributed by atoms with Crippen LogP contribution in [0.2, 0.25) is 0 Å². The van der Waals surface area contributed by atoms with Gasteiger partial charge in [-0.2, -0.15) is 13.2 Å². The first-order chi connectivity index (χ1) is 13.3. The summed E-state index contributed by atoms with van der Waals surface area (Å²) in [5.41, 5.74) is 1.42. The molecular weight excluding hydrogens is 373 g/mol. The number of aryl methyl sites for hydroxylation is 1. The zero-order valence-electron chi connectivity index (χ0n) is 15.1. The third kappa shape index (κ3) is 4.44. The van der Waals surface area contributed by atoms with Crippen LogP contribution in [0, 0.1) is 0 Å². The molecule has 0 saturated heterocycles. The lowest BCUT2D eigenvalue weighted by atomic mass is 10.1. The number of amides is 2. The number of fused-ring (bicyclic) bond motifs is 1. The Labute approximate surface area is 160 Å². The van der Waals surface area contributed by atoms with Gasteiger partial charge in [0.1, 0.15) is 5.75 Å². The number of anilines is 2. The fourth-order valence-electron chi connectivity index (χ4n) is 3.00. The zero-order valence-corrected chi connectivity index (χ0v) is 15.1. The van der Waals surface area contributed by atoms with E-state index in [4.69, 9.17) is 4.74 Å². The molecule has 0 aliphatic carbocycles. The van der Waals surface area contributed by atoms with Crippen LogP contribution in [0.15, 0.2) is 48.5 Å². The summed E-state index contributed by atoms with van der Waals surface area (Å²) in [6.07, 6.45) is -4.27. The van der Waals surface area contributed by atoms with E-state index in [1.165, 1.54) is 23.1 Å². The number of alkyl halides is 3. The van der Waals surface area contributed by atoms with Crippen molar-refractivity contribution >= 4 is 23.2 Å². The fourth-order valence-corrected chi connectivity index (χ4v) is 3.00. The van der Waals surface area contributed by atoms with Crippen LogP contribution in [0.3, 0.4) is 0 Å². The van der Waals surface area contributed by atoms with Crippen molar-refractivity contribution in [2.45, 2.75) is 32.0 Å². The number of benzene rings is 2. The Balaban J connectivity index is 1.78. The highest BCUT2D eigenvalue weighted by atomic mass is 19.4. The minimum Gasteiger partial charge on any atom is -0.479 e. The lowest BCUT2D eigenvalue weighted by Gasteiger charge is -2.33. The first-order valence-corrected chi connectivity index (χ1v) is 8.80. The smallest absolute Gasteiger partial charge is 0.471 e. The topological polar surface area (TPSA) is 58.6 Å². The summed E-state index contributed by atoms with van der Waals surface area (Å²) in [6, 6.07) is 13.9. The minimum atomic E-state index is -4.99. The number of hydrogen-bond donors (Lipinski definition) is 1. The molecule has 148 valence electrons. The lowest BCUT2D eigenvalue weighted by molar-refractivity contribution is -0.167. The molecule has 1 atom stereocenters. The van der Waals surface area contributed by atoms with Crippen molar-refractivity contribution < 1.29 is 27.5 Å². The van der Waals surface area contributed by atoms with Gasteiger partial charge in [-0.25, -0.2) is 0 Å². The Morgan fingerprint density at radius 2 is 1.89 bits per heavy atom. The van der Waals surface area contributed by atoms with Crippen molar-refractivity contribution in [3.05, 3.63) is 54.1 Å². The summed E-state index contributed by atoms with van der Waals surface area (Å²) in [5, 5.41) is 1.80. The molecule has 28 heavy (non-hydrogen) atoms. The van der Waals surface area contributed by atoms with Crippen LogP contribution >= 0.6 is 0 Å². The van der Waals surface area contributed by atoms with E-state index in [2.05, 4.69) is 0 Å². The largest absolute Gasteiger partial charge is 0.479 e. The monoisotopic (exact) mass is 392 g/mol. The van der Waals surface area contributed by atoms with Gasteiger partial charge in [-0.1, -0.05) is 30.3 Å². The molecule has 2 aromatic rings. The molecule has 0 aromatic heterocycles. The van der Waals surface area contributed by atoms with Gasteiger partial charge < -0.3 is 15.0 Å². The van der Waals surface area contributed by atoms with Crippen LogP contribution in [-0.2, 0) is 16.0 Å². The molecule has 0 bridgehead atoms. The van der Waals surface area contributed by atoms with E-state index < -0.39 is 18.2 Å². The lowest BCUT2D eigenvalue weighted by Crippen LogP contribution is -2.45. The highest BCUT2D eigenvalue weighted by Crippen LogP contribution is 2.37. The summed E-state index contributed by atoms with van der Waals surface area (Å²) in [6.45, 7) is 2.00. The molecule has 3 rings (SSSR count). The first kappa shape index (κ1) is 19.7. The van der Waals surface area contributed by atoms with E-state index >= 15 is 0 Å². The second-order valence-corrected chi connectivity index (χ2v) is 6.47. The Morgan fingerprint density at radius 3 is 2.57 bits per heavy atom. The Bertz CT molecular complexity index is 869. The molecule has 1 aliphatic heterocycles. The summed E-state index contributed by atoms with van der Waals surface area (Å²) in [7, 11) is 0. The standard InChI is InChI=1S/C20H19F3N2O3/c1-13-18(26)25(11-5-8-14-6-3-2-4-7-14)16-12-15(9-10-17(16)28-13)24-19(27)20(21,22)23/h2-4,6-7,9-10,12-13H,5,8,11H2,1H3,(H,24,27). The van der Waals surface area contributed by atoms with Gasteiger partial charge in [0, 0.05) is 12.2 Å². The van der Waals surface area contributed by atoms with Crippen LogP contribution in [-0.4, -0.2) is 30.6 Å². The third-order valence-corrected chi connectivity index (χ3v) is 4.37. The van der Waals surface area contributed by atoms with Crippen LogP contribution in [0.1, 0.15) is 18.9 Å². The molecule has 5 nitrogen and oxygen atoms in total. The molecule has 0 radical (unpaired) electrons. The van der Waals surface area contributed by atoms with Crippen LogP contribution in [0.25, 0.3) is 0 Å². The highest BCUT2D eigenvalue weighted by molar-refractivity contribution is 6.01. The number of nitrogens with zero attached hydrogens (tertiary/aromatic N) is 1. The Kier molecular flexibility index (Phi) is 5.58. The minimum absolute atomic E-state index is 0.0555. The average Bonchev–Trinajstić information content (AvgIpc) is 2.65. The summed E-state index contributed by atoms with van der Waals surface area (Å²) in [4.78, 5) is 25.2. The van der Waals surface area contributed by atoms with E-state index in [1.54, 1.807) is 12.2 Å². The van der Waals surface area contributed by atoms with Crippen molar-refractivity contribution in [1.29, 1.82) is 0 Å². The van der Waals surface area contributed by atoms with Gasteiger partial charge in [-0.15, -0.1) is 0 Å². The second kappa shape index (κ2) is 7.92. The van der Waals surface area contributed by atoms with Gasteiger partial charge in [0.05, 0.1) is 5.69 Å². The van der Waals surface area contributed by atoms with Gasteiger partial charge in [-0.3, -0.25) is 9.59 Å². The number of halogens is 3. The summed E-state index contributed by atoms with van der Waals surface area (Å²) in [5.74, 6) is -1.96. The summed E-state index contributed by atoms with van der Waals surface area (Å²) < 4.78 is 43.0.